The second kappa shape index (κ2) is 14.2. The van der Waals surface area contributed by atoms with E-state index in [2.05, 4.69) is 10.3 Å². The molecular formula is C38H40N4O9. The average molecular weight is 697 g/mol. The van der Waals surface area contributed by atoms with Crippen molar-refractivity contribution >= 4 is 45.5 Å². The molecule has 0 radical (unpaired) electrons. The molecule has 0 fully saturated rings. The summed E-state index contributed by atoms with van der Waals surface area (Å²) in [7, 11) is 0. The van der Waals surface area contributed by atoms with E-state index in [1.54, 1.807) is 108 Å². The van der Waals surface area contributed by atoms with Gasteiger partial charge in [0, 0.05) is 23.9 Å². The van der Waals surface area contributed by atoms with Crippen molar-refractivity contribution in [3.05, 3.63) is 100 Å². The Morgan fingerprint density at radius 3 is 2.12 bits per heavy atom. The first-order chi connectivity index (χ1) is 23.9. The quantitative estimate of drug-likeness (QED) is 0.0981. The summed E-state index contributed by atoms with van der Waals surface area (Å²) in [4.78, 5) is 66.8. The van der Waals surface area contributed by atoms with Crippen molar-refractivity contribution in [1.82, 2.24) is 15.0 Å². The van der Waals surface area contributed by atoms with E-state index in [9.17, 15) is 24.0 Å². The molecule has 2 heterocycles. The van der Waals surface area contributed by atoms with E-state index in [1.165, 1.54) is 6.07 Å². The summed E-state index contributed by atoms with van der Waals surface area (Å²) >= 11 is 0. The summed E-state index contributed by atoms with van der Waals surface area (Å²) in [6, 6.07) is 19.8. The largest absolute Gasteiger partial charge is 0.489 e. The van der Waals surface area contributed by atoms with Gasteiger partial charge in [-0.25, -0.2) is 4.68 Å². The number of rotatable bonds is 12. The highest BCUT2D eigenvalue weighted by molar-refractivity contribution is 6.08. The topological polar surface area (TPSA) is 183 Å². The maximum atomic E-state index is 14.1. The van der Waals surface area contributed by atoms with Gasteiger partial charge >= 0.3 is 11.9 Å². The van der Waals surface area contributed by atoms with Gasteiger partial charge in [-0.05, 0) is 102 Å². The molecule has 5 rings (SSSR count). The number of ether oxygens (including phenoxy) is 3. The molecule has 5 aromatic rings. The number of benzene rings is 3. The monoisotopic (exact) mass is 696 g/mol. The lowest BCUT2D eigenvalue weighted by Crippen LogP contribution is -2.49. The van der Waals surface area contributed by atoms with Gasteiger partial charge in [0.05, 0.1) is 5.39 Å². The smallest absolute Gasteiger partial charge is 0.324 e. The van der Waals surface area contributed by atoms with E-state index >= 15 is 0 Å². The van der Waals surface area contributed by atoms with Crippen LogP contribution in [0.5, 0.6) is 5.75 Å². The number of nitrogens with two attached hydrogens (primary N) is 1. The Hall–Kier alpha value is -5.85. The third-order valence-electron chi connectivity index (χ3n) is 7.83. The van der Waals surface area contributed by atoms with Crippen LogP contribution in [0.25, 0.3) is 21.9 Å². The van der Waals surface area contributed by atoms with Crippen LogP contribution in [0.3, 0.4) is 0 Å². The average Bonchev–Trinajstić information content (AvgIpc) is 3.49. The van der Waals surface area contributed by atoms with Crippen molar-refractivity contribution in [3.8, 4) is 5.75 Å². The van der Waals surface area contributed by atoms with Crippen molar-refractivity contribution in [2.24, 2.45) is 11.1 Å². The maximum Gasteiger partial charge on any atom is 0.324 e. The van der Waals surface area contributed by atoms with E-state index in [-0.39, 0.29) is 25.3 Å². The van der Waals surface area contributed by atoms with E-state index in [0.717, 1.165) is 10.2 Å². The Morgan fingerprint density at radius 2 is 1.49 bits per heavy atom. The predicted octanol–water partition coefficient (Wildman–Crippen LogP) is 5.55. The molecule has 0 aliphatic rings. The Balaban J connectivity index is 1.46. The number of amides is 1. The molecule has 266 valence electrons. The van der Waals surface area contributed by atoms with Gasteiger partial charge in [-0.3, -0.25) is 24.0 Å². The first kappa shape index (κ1) is 36.4. The number of hydrogen-bond acceptors (Lipinski definition) is 11. The van der Waals surface area contributed by atoms with Gasteiger partial charge in [-0.2, -0.15) is 0 Å². The van der Waals surface area contributed by atoms with Crippen molar-refractivity contribution in [2.45, 2.75) is 78.7 Å². The lowest BCUT2D eigenvalue weighted by Gasteiger charge is -2.34. The van der Waals surface area contributed by atoms with Crippen LogP contribution in [0.4, 0.5) is 0 Å². The molecule has 0 bridgehead atoms. The first-order valence-corrected chi connectivity index (χ1v) is 16.3. The number of aromatic nitrogens is 3. The molecular weight excluding hydrogens is 656 g/mol. The summed E-state index contributed by atoms with van der Waals surface area (Å²) in [5.41, 5.74) is 2.52. The molecule has 0 saturated carbocycles. The molecule has 0 aliphatic carbocycles. The molecule has 0 saturated heterocycles. The van der Waals surface area contributed by atoms with Crippen molar-refractivity contribution in [1.29, 1.82) is 0 Å². The van der Waals surface area contributed by atoms with Crippen LogP contribution in [-0.2, 0) is 32.2 Å². The number of Topliss-reactive ketones (excluding diaryl/α,β-unsaturated/α-hetero) is 1. The normalized spacial score (nSPS) is 12.1. The predicted molar refractivity (Wildman–Crippen MR) is 187 cm³/mol. The number of furan rings is 1. The number of primary amides is 1. The SMILES string of the molecule is CC(C)(C)OC(=O)C(CCn1nnc2ccccc2c1=O)(CC(=O)c1cc2cc(OCc3ccc(C(N)=O)cc3)ccc2o1)C(=O)OC(C)(C)C. The molecule has 0 aliphatic heterocycles. The molecule has 0 atom stereocenters. The van der Waals surface area contributed by atoms with Crippen LogP contribution in [0, 0.1) is 5.41 Å². The summed E-state index contributed by atoms with van der Waals surface area (Å²) in [6.07, 6.45) is -1.05. The fourth-order valence-electron chi connectivity index (χ4n) is 5.28. The zero-order valence-electron chi connectivity index (χ0n) is 29.3. The lowest BCUT2D eigenvalue weighted by atomic mass is 9.78. The molecule has 1 amide bonds. The highest BCUT2D eigenvalue weighted by Gasteiger charge is 2.53. The Morgan fingerprint density at radius 1 is 0.843 bits per heavy atom. The van der Waals surface area contributed by atoms with Crippen LogP contribution >= 0.6 is 0 Å². The molecule has 51 heavy (non-hydrogen) atoms. The number of hydrogen-bond donors (Lipinski definition) is 1. The minimum Gasteiger partial charge on any atom is -0.489 e. The third kappa shape index (κ3) is 8.66. The molecule has 2 aromatic heterocycles. The first-order valence-electron chi connectivity index (χ1n) is 16.3. The second-order valence-electron chi connectivity index (χ2n) is 14.2. The van der Waals surface area contributed by atoms with E-state index in [4.69, 9.17) is 24.4 Å². The molecule has 0 unspecified atom stereocenters. The van der Waals surface area contributed by atoms with Crippen molar-refractivity contribution < 1.29 is 37.8 Å². The highest BCUT2D eigenvalue weighted by Crippen LogP contribution is 2.37. The zero-order valence-corrected chi connectivity index (χ0v) is 29.3. The van der Waals surface area contributed by atoms with E-state index in [1.807, 2.05) is 0 Å². The number of carbonyl (C=O) groups excluding carboxylic acids is 4. The van der Waals surface area contributed by atoms with Gasteiger partial charge in [0.25, 0.3) is 5.56 Å². The highest BCUT2D eigenvalue weighted by atomic mass is 16.6. The van der Waals surface area contributed by atoms with Gasteiger partial charge in [0.15, 0.2) is 17.0 Å². The second-order valence-corrected chi connectivity index (χ2v) is 14.2. The third-order valence-corrected chi connectivity index (χ3v) is 7.83. The van der Waals surface area contributed by atoms with E-state index in [0.29, 0.717) is 33.2 Å². The minimum absolute atomic E-state index is 0.108. The lowest BCUT2D eigenvalue weighted by molar-refractivity contribution is -0.186. The number of nitrogens with zero attached hydrogens (tertiary/aromatic N) is 3. The number of aryl methyl sites for hydroxylation is 1. The molecule has 0 spiro atoms. The standard InChI is InChI=1S/C38H40N4O9/c1-36(2,3)50-34(46)38(35(47)51-37(4,5)6,17-18-42-33(45)27-9-7-8-10-28(27)40-41-42)21-29(43)31-20-25-19-26(15-16-30(25)49-31)48-22-23-11-13-24(14-12-23)32(39)44/h7-16,19-20H,17-18,21-22H2,1-6H3,(H2,39,44). The fraction of sp³-hybridized carbons (Fsp3) is 0.342. The van der Waals surface area contributed by atoms with Gasteiger partial charge in [0.2, 0.25) is 5.91 Å². The molecule has 2 N–H and O–H groups in total. The maximum absolute atomic E-state index is 14.1. The molecule has 13 nitrogen and oxygen atoms in total. The molecule has 13 heteroatoms. The fourth-order valence-corrected chi connectivity index (χ4v) is 5.28. The summed E-state index contributed by atoms with van der Waals surface area (Å²) in [5, 5.41) is 8.96. The van der Waals surface area contributed by atoms with Crippen LogP contribution < -0.4 is 16.0 Å². The van der Waals surface area contributed by atoms with Crippen molar-refractivity contribution in [3.63, 3.8) is 0 Å². The summed E-state index contributed by atoms with van der Waals surface area (Å²) < 4.78 is 24.3. The van der Waals surface area contributed by atoms with Crippen molar-refractivity contribution in [2.75, 3.05) is 0 Å². The number of ketones is 1. The van der Waals surface area contributed by atoms with Crippen LogP contribution in [0.15, 0.2) is 82.0 Å². The van der Waals surface area contributed by atoms with Crippen LogP contribution in [0.2, 0.25) is 0 Å². The number of esters is 2. The number of carbonyl (C=O) groups is 4. The summed E-state index contributed by atoms with van der Waals surface area (Å²) in [6.45, 7) is 9.78. The van der Waals surface area contributed by atoms with Gasteiger partial charge in [0.1, 0.15) is 34.7 Å². The van der Waals surface area contributed by atoms with Gasteiger partial charge in [-0.1, -0.05) is 29.5 Å². The minimum atomic E-state index is -2.19. The van der Waals surface area contributed by atoms with Gasteiger partial charge in [-0.15, -0.1) is 5.10 Å². The Bertz CT molecular complexity index is 2140. The summed E-state index contributed by atoms with van der Waals surface area (Å²) in [5.74, 6) is -2.80. The zero-order chi connectivity index (χ0) is 37.1. The number of fused-ring (bicyclic) bond motifs is 2. The Kier molecular flexibility index (Phi) is 10.1. The van der Waals surface area contributed by atoms with E-state index < -0.39 is 52.2 Å². The van der Waals surface area contributed by atoms with Crippen LogP contribution in [0.1, 0.15) is 80.9 Å². The van der Waals surface area contributed by atoms with Crippen LogP contribution in [-0.4, -0.2) is 49.8 Å². The molecule has 3 aromatic carbocycles. The van der Waals surface area contributed by atoms with Gasteiger partial charge < -0.3 is 24.4 Å². The Labute approximate surface area is 293 Å².